The molecule has 0 unspecified atom stereocenters. The zero-order chi connectivity index (χ0) is 26.5. The number of phenolic OH excluding ortho intramolecular Hbond substituents is 1. The first kappa shape index (κ1) is 25.0. The molecule has 4 rings (SSSR count). The summed E-state index contributed by atoms with van der Waals surface area (Å²) in [5.41, 5.74) is 1.31. The minimum atomic E-state index is -1.02. The van der Waals surface area contributed by atoms with E-state index in [2.05, 4.69) is 5.32 Å². The highest BCUT2D eigenvalue weighted by molar-refractivity contribution is 6.39. The molecule has 4 amide bonds. The molecule has 3 aromatic rings. The maximum Gasteiger partial charge on any atom is 0.335 e. The number of anilines is 1. The third kappa shape index (κ3) is 5.59. The molecule has 0 aromatic heterocycles. The fourth-order valence-electron chi connectivity index (χ4n) is 3.57. The number of barbiturate groups is 1. The summed E-state index contributed by atoms with van der Waals surface area (Å²) in [6, 6.07) is 15.6. The third-order valence-electron chi connectivity index (χ3n) is 5.38. The van der Waals surface area contributed by atoms with E-state index in [1.54, 1.807) is 37.3 Å². The maximum atomic E-state index is 13.1. The van der Waals surface area contributed by atoms with E-state index in [9.17, 15) is 24.3 Å². The predicted molar refractivity (Wildman–Crippen MR) is 132 cm³/mol. The van der Waals surface area contributed by atoms with E-state index in [1.165, 1.54) is 42.5 Å². The molecule has 10 heteroatoms. The highest BCUT2D eigenvalue weighted by Crippen LogP contribution is 2.31. The lowest BCUT2D eigenvalue weighted by atomic mass is 10.1. The molecule has 3 aromatic carbocycles. The number of ether oxygens (including phenoxy) is 2. The van der Waals surface area contributed by atoms with Gasteiger partial charge in [0.15, 0.2) is 11.5 Å². The van der Waals surface area contributed by atoms with Crippen LogP contribution in [-0.2, 0) is 16.2 Å². The molecule has 0 atom stereocenters. The average molecular weight is 502 g/mol. The lowest BCUT2D eigenvalue weighted by molar-refractivity contribution is -0.122. The summed E-state index contributed by atoms with van der Waals surface area (Å²) >= 11 is 0. The van der Waals surface area contributed by atoms with Crippen molar-refractivity contribution in [3.05, 3.63) is 89.0 Å². The van der Waals surface area contributed by atoms with Crippen LogP contribution in [0.25, 0.3) is 6.08 Å². The molecule has 1 fully saturated rings. The first-order valence-electron chi connectivity index (χ1n) is 11.2. The zero-order valence-corrected chi connectivity index (χ0v) is 19.6. The van der Waals surface area contributed by atoms with Crippen LogP contribution in [0.1, 0.15) is 28.4 Å². The summed E-state index contributed by atoms with van der Waals surface area (Å²) in [6.45, 7) is 2.27. The van der Waals surface area contributed by atoms with Gasteiger partial charge in [-0.1, -0.05) is 18.2 Å². The number of nitrogens with one attached hydrogen (secondary N) is 1. The van der Waals surface area contributed by atoms with Gasteiger partial charge in [-0.05, 0) is 72.7 Å². The highest BCUT2D eigenvalue weighted by Gasteiger charge is 2.36. The number of imide groups is 2. The molecule has 0 aliphatic carbocycles. The highest BCUT2D eigenvalue weighted by atomic mass is 16.5. The number of aromatic hydroxyl groups is 1. The van der Waals surface area contributed by atoms with Gasteiger partial charge in [-0.3, -0.25) is 14.9 Å². The quantitative estimate of drug-likeness (QED) is 0.312. The van der Waals surface area contributed by atoms with E-state index in [1.807, 2.05) is 0 Å². The normalized spacial score (nSPS) is 14.5. The minimum absolute atomic E-state index is 0.0384. The van der Waals surface area contributed by atoms with Crippen LogP contribution in [0.2, 0.25) is 0 Å². The molecule has 1 heterocycles. The first-order chi connectivity index (χ1) is 17.8. The summed E-state index contributed by atoms with van der Waals surface area (Å²) in [6.07, 6.45) is 1.34. The Labute approximate surface area is 211 Å². The Hall–Kier alpha value is -5.12. The van der Waals surface area contributed by atoms with Gasteiger partial charge in [0.25, 0.3) is 11.8 Å². The van der Waals surface area contributed by atoms with Gasteiger partial charge in [0.2, 0.25) is 0 Å². The van der Waals surface area contributed by atoms with Gasteiger partial charge in [-0.2, -0.15) is 0 Å². The van der Waals surface area contributed by atoms with Gasteiger partial charge in [0, 0.05) is 0 Å². The largest absolute Gasteiger partial charge is 0.508 e. The van der Waals surface area contributed by atoms with E-state index in [-0.39, 0.29) is 29.2 Å². The molecule has 0 bridgehead atoms. The van der Waals surface area contributed by atoms with Crippen LogP contribution in [0, 0.1) is 0 Å². The Kier molecular flexibility index (Phi) is 7.19. The molecule has 37 heavy (non-hydrogen) atoms. The standard InChI is InChI=1S/C27H22N2O8/c1-2-36-23-14-17(5-12-22(23)37-15-16-3-6-18(7-4-16)26(33)34)13-21-24(31)28-27(35)29(25(21)32)19-8-10-20(30)11-9-19/h3-14,30H,2,15H2,1H3,(H,33,34)(H,28,31,35)/b21-13+. The van der Waals surface area contributed by atoms with Crippen molar-refractivity contribution in [2.24, 2.45) is 0 Å². The molecule has 3 N–H and O–H groups in total. The van der Waals surface area contributed by atoms with Crippen molar-refractivity contribution < 1.29 is 38.9 Å². The zero-order valence-electron chi connectivity index (χ0n) is 19.6. The topological polar surface area (TPSA) is 142 Å². The second-order valence-electron chi connectivity index (χ2n) is 7.90. The summed E-state index contributed by atoms with van der Waals surface area (Å²) in [7, 11) is 0. The lowest BCUT2D eigenvalue weighted by Gasteiger charge is -2.26. The maximum absolute atomic E-state index is 13.1. The van der Waals surface area contributed by atoms with Crippen LogP contribution in [0.4, 0.5) is 10.5 Å². The number of phenols is 1. The Morgan fingerprint density at radius 1 is 0.946 bits per heavy atom. The van der Waals surface area contributed by atoms with Crippen molar-refractivity contribution in [1.29, 1.82) is 0 Å². The second kappa shape index (κ2) is 10.6. The summed E-state index contributed by atoms with van der Waals surface area (Å²) < 4.78 is 11.5. The fraction of sp³-hybridized carbons (Fsp3) is 0.111. The van der Waals surface area contributed by atoms with Crippen LogP contribution >= 0.6 is 0 Å². The monoisotopic (exact) mass is 502 g/mol. The van der Waals surface area contributed by atoms with Crippen LogP contribution in [0.3, 0.4) is 0 Å². The molecular weight excluding hydrogens is 480 g/mol. The van der Waals surface area contributed by atoms with Gasteiger partial charge in [0.05, 0.1) is 17.9 Å². The number of aromatic carboxylic acids is 1. The van der Waals surface area contributed by atoms with Crippen LogP contribution < -0.4 is 19.7 Å². The van der Waals surface area contributed by atoms with Gasteiger partial charge in [-0.25, -0.2) is 14.5 Å². The van der Waals surface area contributed by atoms with Crippen LogP contribution in [0.15, 0.2) is 72.3 Å². The van der Waals surface area contributed by atoms with Gasteiger partial charge in [-0.15, -0.1) is 0 Å². The molecule has 0 spiro atoms. The number of carbonyl (C=O) groups excluding carboxylic acids is 3. The van der Waals surface area contributed by atoms with Gasteiger partial charge >= 0.3 is 12.0 Å². The molecule has 0 saturated carbocycles. The Balaban J connectivity index is 1.57. The number of benzene rings is 3. The van der Waals surface area contributed by atoms with Crippen molar-refractivity contribution in [1.82, 2.24) is 5.32 Å². The minimum Gasteiger partial charge on any atom is -0.508 e. The number of amides is 4. The Morgan fingerprint density at radius 2 is 1.65 bits per heavy atom. The van der Waals surface area contributed by atoms with Crippen molar-refractivity contribution in [2.45, 2.75) is 13.5 Å². The van der Waals surface area contributed by atoms with E-state index in [4.69, 9.17) is 14.6 Å². The summed E-state index contributed by atoms with van der Waals surface area (Å²) in [5.74, 6) is -1.93. The number of hydrogen-bond donors (Lipinski definition) is 3. The SMILES string of the molecule is CCOc1cc(/C=C2\C(=O)NC(=O)N(c3ccc(O)cc3)C2=O)ccc1OCc1ccc(C(=O)O)cc1. The summed E-state index contributed by atoms with van der Waals surface area (Å²) in [5, 5.41) is 20.7. The van der Waals surface area contributed by atoms with Crippen molar-refractivity contribution in [3.8, 4) is 17.2 Å². The molecule has 10 nitrogen and oxygen atoms in total. The number of urea groups is 1. The van der Waals surface area contributed by atoms with Crippen molar-refractivity contribution in [2.75, 3.05) is 11.5 Å². The average Bonchev–Trinajstić information content (AvgIpc) is 2.87. The molecule has 1 aliphatic rings. The van der Waals surface area contributed by atoms with Crippen LogP contribution in [-0.4, -0.2) is 40.6 Å². The lowest BCUT2D eigenvalue weighted by Crippen LogP contribution is -2.54. The molecule has 188 valence electrons. The predicted octanol–water partition coefficient (Wildman–Crippen LogP) is 3.73. The Bertz CT molecular complexity index is 1390. The number of carbonyl (C=O) groups is 4. The van der Waals surface area contributed by atoms with Gasteiger partial charge in [0.1, 0.15) is 17.9 Å². The van der Waals surface area contributed by atoms with Crippen LogP contribution in [0.5, 0.6) is 17.2 Å². The van der Waals surface area contributed by atoms with E-state index >= 15 is 0 Å². The van der Waals surface area contributed by atoms with E-state index in [0.717, 1.165) is 10.5 Å². The Morgan fingerprint density at radius 3 is 2.30 bits per heavy atom. The van der Waals surface area contributed by atoms with Gasteiger partial charge < -0.3 is 19.7 Å². The third-order valence-corrected chi connectivity index (χ3v) is 5.38. The molecule has 1 aliphatic heterocycles. The van der Waals surface area contributed by atoms with Crippen molar-refractivity contribution >= 4 is 35.6 Å². The second-order valence-corrected chi connectivity index (χ2v) is 7.90. The molecule has 1 saturated heterocycles. The smallest absolute Gasteiger partial charge is 0.335 e. The number of nitrogens with zero attached hydrogens (tertiary/aromatic N) is 1. The molecule has 0 radical (unpaired) electrons. The van der Waals surface area contributed by atoms with Crippen molar-refractivity contribution in [3.63, 3.8) is 0 Å². The number of carboxylic acids is 1. The van der Waals surface area contributed by atoms with E-state index < -0.39 is 23.8 Å². The van der Waals surface area contributed by atoms with E-state index in [0.29, 0.717) is 23.7 Å². The molecular formula is C27H22N2O8. The number of hydrogen-bond acceptors (Lipinski definition) is 7. The number of rotatable bonds is 8. The number of carboxylic acid groups (broad SMARTS) is 1. The summed E-state index contributed by atoms with van der Waals surface area (Å²) in [4.78, 5) is 49.7. The fourth-order valence-corrected chi connectivity index (χ4v) is 3.57. The first-order valence-corrected chi connectivity index (χ1v) is 11.2.